The number of nitrogens with one attached hydrogen (secondary N) is 1. The van der Waals surface area contributed by atoms with Crippen LogP contribution in [0, 0.1) is 18.7 Å². The molecule has 1 fully saturated rings. The lowest BCUT2D eigenvalue weighted by Crippen LogP contribution is -2.43. The summed E-state index contributed by atoms with van der Waals surface area (Å²) in [4.78, 5) is 35.8. The van der Waals surface area contributed by atoms with Crippen LogP contribution in [0.3, 0.4) is 0 Å². The minimum atomic E-state index is -0.388. The quantitative estimate of drug-likeness (QED) is 0.731. The Balaban J connectivity index is 1.56. The fourth-order valence-electron chi connectivity index (χ4n) is 3.55. The molecule has 2 amide bonds. The van der Waals surface area contributed by atoms with E-state index in [9.17, 15) is 14.0 Å². The molecule has 1 atom stereocenters. The number of benzene rings is 1. The number of rotatable bonds is 3. The Labute approximate surface area is 165 Å². The van der Waals surface area contributed by atoms with E-state index in [0.29, 0.717) is 40.4 Å². The number of pyridine rings is 1. The second-order valence-corrected chi connectivity index (χ2v) is 7.78. The van der Waals surface area contributed by atoms with Gasteiger partial charge in [0.2, 0.25) is 5.91 Å². The van der Waals surface area contributed by atoms with Crippen molar-refractivity contribution in [3.05, 3.63) is 52.9 Å². The fourth-order valence-corrected chi connectivity index (χ4v) is 4.08. The number of hydrogen-bond acceptors (Lipinski definition) is 5. The maximum atomic E-state index is 13.6. The van der Waals surface area contributed by atoms with Crippen molar-refractivity contribution < 1.29 is 14.0 Å². The van der Waals surface area contributed by atoms with Gasteiger partial charge in [-0.15, -0.1) is 11.3 Å². The number of fused-ring (bicyclic) bond motifs is 1. The van der Waals surface area contributed by atoms with E-state index in [1.807, 2.05) is 0 Å². The van der Waals surface area contributed by atoms with Crippen molar-refractivity contribution in [2.75, 3.05) is 18.4 Å². The third-order valence-corrected chi connectivity index (χ3v) is 5.56. The first-order valence-electron chi connectivity index (χ1n) is 9.08. The molecular weight excluding hydrogens is 379 g/mol. The molecule has 0 aliphatic carbocycles. The van der Waals surface area contributed by atoms with Crippen LogP contribution in [0.15, 0.2) is 35.8 Å². The third-order valence-electron chi connectivity index (χ3n) is 4.87. The van der Waals surface area contributed by atoms with E-state index in [0.717, 1.165) is 12.8 Å². The zero-order chi connectivity index (χ0) is 19.7. The highest BCUT2D eigenvalue weighted by Gasteiger charge is 2.30. The number of anilines is 1. The second-order valence-electron chi connectivity index (χ2n) is 6.89. The highest BCUT2D eigenvalue weighted by Crippen LogP contribution is 2.25. The average Bonchev–Trinajstić information content (AvgIpc) is 3.19. The molecule has 4 rings (SSSR count). The number of piperidine rings is 1. The molecule has 1 N–H and O–H groups in total. The standard InChI is InChI=1S/C20H19FN4O2S/c1-12-9-16(15-5-4-14(21)10-17(15)23-12)19(27)25-7-2-3-13(11-25)18(26)24-20-22-6-8-28-20/h4-6,8-10,13H,2-3,7,11H2,1H3,(H,22,24,26)/t13-/m1/s1. The van der Waals surface area contributed by atoms with Gasteiger partial charge < -0.3 is 10.2 Å². The summed E-state index contributed by atoms with van der Waals surface area (Å²) in [5.41, 5.74) is 1.60. The third kappa shape index (κ3) is 3.73. The molecule has 0 unspecified atom stereocenters. The summed E-state index contributed by atoms with van der Waals surface area (Å²) < 4.78 is 13.6. The summed E-state index contributed by atoms with van der Waals surface area (Å²) in [5, 5.41) is 5.79. The molecule has 6 nitrogen and oxygen atoms in total. The molecule has 0 spiro atoms. The lowest BCUT2D eigenvalue weighted by Gasteiger charge is -2.32. The Morgan fingerprint density at radius 3 is 2.96 bits per heavy atom. The van der Waals surface area contributed by atoms with Crippen LogP contribution < -0.4 is 5.32 Å². The Morgan fingerprint density at radius 1 is 1.32 bits per heavy atom. The van der Waals surface area contributed by atoms with Gasteiger partial charge in [-0.3, -0.25) is 14.6 Å². The summed E-state index contributed by atoms with van der Waals surface area (Å²) in [6.07, 6.45) is 3.11. The van der Waals surface area contributed by atoms with Crippen molar-refractivity contribution >= 4 is 39.2 Å². The van der Waals surface area contributed by atoms with Gasteiger partial charge in [0.15, 0.2) is 5.13 Å². The van der Waals surface area contributed by atoms with Gasteiger partial charge in [-0.2, -0.15) is 0 Å². The molecule has 1 aliphatic heterocycles. The number of carbonyl (C=O) groups excluding carboxylic acids is 2. The number of thiazole rings is 1. The maximum Gasteiger partial charge on any atom is 0.254 e. The predicted octanol–water partition coefficient (Wildman–Crippen LogP) is 3.63. The van der Waals surface area contributed by atoms with Gasteiger partial charge in [0.05, 0.1) is 17.0 Å². The molecule has 2 aromatic heterocycles. The first-order valence-corrected chi connectivity index (χ1v) is 9.96. The van der Waals surface area contributed by atoms with Gasteiger partial charge in [-0.25, -0.2) is 9.37 Å². The van der Waals surface area contributed by atoms with Crippen LogP contribution in [0.4, 0.5) is 9.52 Å². The van der Waals surface area contributed by atoms with E-state index < -0.39 is 0 Å². The van der Waals surface area contributed by atoms with Crippen molar-refractivity contribution in [2.45, 2.75) is 19.8 Å². The van der Waals surface area contributed by atoms with E-state index in [1.165, 1.54) is 23.5 Å². The first-order chi connectivity index (χ1) is 13.5. The Morgan fingerprint density at radius 2 is 2.18 bits per heavy atom. The molecule has 0 saturated carbocycles. The zero-order valence-corrected chi connectivity index (χ0v) is 16.1. The van der Waals surface area contributed by atoms with Gasteiger partial charge in [-0.1, -0.05) is 0 Å². The van der Waals surface area contributed by atoms with Crippen molar-refractivity contribution in [3.63, 3.8) is 0 Å². The lowest BCUT2D eigenvalue weighted by atomic mass is 9.96. The number of likely N-dealkylation sites (tertiary alicyclic amines) is 1. The minimum Gasteiger partial charge on any atom is -0.338 e. The first kappa shape index (κ1) is 18.5. The molecule has 3 heterocycles. The molecule has 1 aliphatic rings. The molecule has 28 heavy (non-hydrogen) atoms. The van der Waals surface area contributed by atoms with E-state index in [-0.39, 0.29) is 23.5 Å². The van der Waals surface area contributed by atoms with Crippen molar-refractivity contribution in [1.82, 2.24) is 14.9 Å². The second kappa shape index (κ2) is 7.63. The number of amides is 2. The van der Waals surface area contributed by atoms with Crippen LogP contribution in [0.2, 0.25) is 0 Å². The van der Waals surface area contributed by atoms with Crippen LogP contribution in [0.5, 0.6) is 0 Å². The molecule has 1 saturated heterocycles. The van der Waals surface area contributed by atoms with Gasteiger partial charge in [0.25, 0.3) is 5.91 Å². The SMILES string of the molecule is Cc1cc(C(=O)N2CCC[C@@H](C(=O)Nc3nccs3)C2)c2ccc(F)cc2n1. The van der Waals surface area contributed by atoms with E-state index >= 15 is 0 Å². The predicted molar refractivity (Wildman–Crippen MR) is 106 cm³/mol. The van der Waals surface area contributed by atoms with Crippen LogP contribution in [0.1, 0.15) is 28.9 Å². The fraction of sp³-hybridized carbons (Fsp3) is 0.300. The number of aromatic nitrogens is 2. The molecule has 0 radical (unpaired) electrons. The summed E-state index contributed by atoms with van der Waals surface area (Å²) in [7, 11) is 0. The lowest BCUT2D eigenvalue weighted by molar-refractivity contribution is -0.121. The van der Waals surface area contributed by atoms with Crippen molar-refractivity contribution in [1.29, 1.82) is 0 Å². The monoisotopic (exact) mass is 398 g/mol. The van der Waals surface area contributed by atoms with Gasteiger partial charge >= 0.3 is 0 Å². The van der Waals surface area contributed by atoms with Crippen LogP contribution in [-0.2, 0) is 4.79 Å². The van der Waals surface area contributed by atoms with Crippen LogP contribution >= 0.6 is 11.3 Å². The molecule has 144 valence electrons. The topological polar surface area (TPSA) is 75.2 Å². The van der Waals surface area contributed by atoms with Crippen LogP contribution in [0.25, 0.3) is 10.9 Å². The number of hydrogen-bond donors (Lipinski definition) is 1. The zero-order valence-electron chi connectivity index (χ0n) is 15.3. The Hall–Kier alpha value is -2.87. The smallest absolute Gasteiger partial charge is 0.254 e. The average molecular weight is 398 g/mol. The van der Waals surface area contributed by atoms with Crippen molar-refractivity contribution in [2.24, 2.45) is 5.92 Å². The maximum absolute atomic E-state index is 13.6. The summed E-state index contributed by atoms with van der Waals surface area (Å²) in [5.74, 6) is -0.951. The van der Waals surface area contributed by atoms with E-state index in [4.69, 9.17) is 0 Å². The van der Waals surface area contributed by atoms with Crippen molar-refractivity contribution in [3.8, 4) is 0 Å². The molecule has 1 aromatic carbocycles. The van der Waals surface area contributed by atoms with Gasteiger partial charge in [-0.05, 0) is 38.0 Å². The summed E-state index contributed by atoms with van der Waals surface area (Å²) >= 11 is 1.36. The molecule has 3 aromatic rings. The summed E-state index contributed by atoms with van der Waals surface area (Å²) in [6.45, 7) is 2.71. The minimum absolute atomic E-state index is 0.120. The Bertz CT molecular complexity index is 1030. The van der Waals surface area contributed by atoms with Gasteiger partial charge in [0.1, 0.15) is 5.82 Å². The highest BCUT2D eigenvalue weighted by atomic mass is 32.1. The molecule has 8 heteroatoms. The number of aryl methyl sites for hydroxylation is 1. The largest absolute Gasteiger partial charge is 0.338 e. The molecular formula is C20H19FN4O2S. The summed E-state index contributed by atoms with van der Waals surface area (Å²) in [6, 6.07) is 5.97. The normalized spacial score (nSPS) is 16.9. The number of carbonyl (C=O) groups is 2. The highest BCUT2D eigenvalue weighted by molar-refractivity contribution is 7.13. The van der Waals surface area contributed by atoms with Gasteiger partial charge in [0, 0.05) is 41.8 Å². The van der Waals surface area contributed by atoms with Crippen LogP contribution in [-0.4, -0.2) is 39.8 Å². The van der Waals surface area contributed by atoms with E-state index in [2.05, 4.69) is 15.3 Å². The van der Waals surface area contributed by atoms with E-state index in [1.54, 1.807) is 35.5 Å². The number of halogens is 1. The Kier molecular flexibility index (Phi) is 5.04. The number of nitrogens with zero attached hydrogens (tertiary/aromatic N) is 3. The molecule has 0 bridgehead atoms.